The number of sulfone groups is 1. The van der Waals surface area contributed by atoms with E-state index < -0.39 is 15.1 Å². The number of hydrogen-bond donors (Lipinski definition) is 0. The lowest BCUT2D eigenvalue weighted by Crippen LogP contribution is -2.49. The summed E-state index contributed by atoms with van der Waals surface area (Å²) in [6, 6.07) is 14.7. The fourth-order valence-corrected chi connectivity index (χ4v) is 7.62. The number of thiophene rings is 1. The maximum Gasteiger partial charge on any atom is 0.264 e. The smallest absolute Gasteiger partial charge is 0.264 e. The molecule has 1 amide bonds. The van der Waals surface area contributed by atoms with Crippen molar-refractivity contribution in [2.24, 2.45) is 0 Å². The maximum absolute atomic E-state index is 13.5. The van der Waals surface area contributed by atoms with Crippen molar-refractivity contribution in [3.05, 3.63) is 65.3 Å². The van der Waals surface area contributed by atoms with Crippen LogP contribution >= 0.6 is 11.3 Å². The number of nitrogens with zero attached hydrogens (tertiary/aromatic N) is 1. The minimum absolute atomic E-state index is 0.0605. The monoisotopic (exact) mass is 429 g/mol. The number of rotatable bonds is 3. The van der Waals surface area contributed by atoms with Crippen molar-refractivity contribution < 1.29 is 17.6 Å². The highest BCUT2D eigenvalue weighted by Crippen LogP contribution is 2.41. The molecule has 2 fully saturated rings. The lowest BCUT2D eigenvalue weighted by molar-refractivity contribution is 0.0603. The Morgan fingerprint density at radius 1 is 1.00 bits per heavy atom. The van der Waals surface area contributed by atoms with E-state index in [0.29, 0.717) is 22.6 Å². The zero-order valence-corrected chi connectivity index (χ0v) is 17.3. The molecule has 2 aliphatic heterocycles. The average Bonchev–Trinajstić information content (AvgIpc) is 3.25. The summed E-state index contributed by atoms with van der Waals surface area (Å²) in [7, 11) is -3.40. The predicted molar refractivity (Wildman–Crippen MR) is 111 cm³/mol. The third kappa shape index (κ3) is 3.16. The minimum atomic E-state index is -3.40. The van der Waals surface area contributed by atoms with E-state index in [0.717, 1.165) is 22.9 Å². The molecule has 4 nitrogen and oxygen atoms in total. The number of fused-ring (bicyclic) bond motifs is 3. The minimum Gasteiger partial charge on any atom is -0.332 e. The molecule has 2 bridgehead atoms. The van der Waals surface area contributed by atoms with Crippen LogP contribution < -0.4 is 0 Å². The Morgan fingerprint density at radius 3 is 2.38 bits per heavy atom. The van der Waals surface area contributed by atoms with Crippen molar-refractivity contribution in [1.29, 1.82) is 0 Å². The van der Waals surface area contributed by atoms with Crippen molar-refractivity contribution in [1.82, 2.24) is 4.90 Å². The zero-order chi connectivity index (χ0) is 20.2. The molecule has 1 aromatic heterocycles. The van der Waals surface area contributed by atoms with Crippen LogP contribution in [0, 0.1) is 5.82 Å². The molecule has 2 aliphatic rings. The number of carbonyl (C=O) groups excluding carboxylic acids is 1. The molecule has 1 unspecified atom stereocenters. The van der Waals surface area contributed by atoms with Crippen LogP contribution in [0.5, 0.6) is 0 Å². The first kappa shape index (κ1) is 18.8. The summed E-state index contributed by atoms with van der Waals surface area (Å²) in [6.45, 7) is 0. The van der Waals surface area contributed by atoms with Crippen molar-refractivity contribution in [3.8, 4) is 0 Å². The van der Waals surface area contributed by atoms with Gasteiger partial charge >= 0.3 is 0 Å². The zero-order valence-electron chi connectivity index (χ0n) is 15.6. The Kier molecular flexibility index (Phi) is 4.47. The molecule has 0 N–H and O–H groups in total. The third-order valence-corrected chi connectivity index (χ3v) is 9.42. The lowest BCUT2D eigenvalue weighted by Gasteiger charge is -2.38. The number of piperidine rings is 1. The van der Waals surface area contributed by atoms with Gasteiger partial charge in [-0.2, -0.15) is 0 Å². The van der Waals surface area contributed by atoms with Gasteiger partial charge in [0.05, 0.1) is 15.0 Å². The van der Waals surface area contributed by atoms with Gasteiger partial charge in [0.2, 0.25) is 0 Å². The number of hydrogen-bond acceptors (Lipinski definition) is 4. The van der Waals surface area contributed by atoms with Crippen LogP contribution in [0.3, 0.4) is 0 Å². The van der Waals surface area contributed by atoms with Crippen LogP contribution in [-0.4, -0.2) is 36.6 Å². The fourth-order valence-electron chi connectivity index (χ4n) is 4.76. The van der Waals surface area contributed by atoms with Gasteiger partial charge in [0.1, 0.15) is 5.82 Å². The molecule has 7 heteroatoms. The van der Waals surface area contributed by atoms with Crippen LogP contribution in [0.25, 0.3) is 10.1 Å². The van der Waals surface area contributed by atoms with Gasteiger partial charge in [0.15, 0.2) is 9.84 Å². The first-order chi connectivity index (χ1) is 13.9. The maximum atomic E-state index is 13.5. The molecule has 0 saturated carbocycles. The molecule has 2 aromatic carbocycles. The molecular weight excluding hydrogens is 409 g/mol. The highest BCUT2D eigenvalue weighted by Gasteiger charge is 2.47. The predicted octanol–water partition coefficient (Wildman–Crippen LogP) is 4.65. The number of amides is 1. The average molecular weight is 430 g/mol. The van der Waals surface area contributed by atoms with E-state index in [1.807, 2.05) is 4.90 Å². The Bertz CT molecular complexity index is 1180. The van der Waals surface area contributed by atoms with Crippen molar-refractivity contribution >= 4 is 37.2 Å². The second-order valence-electron chi connectivity index (χ2n) is 7.84. The van der Waals surface area contributed by atoms with Gasteiger partial charge in [-0.3, -0.25) is 4.79 Å². The molecule has 3 aromatic rings. The molecule has 0 radical (unpaired) electrons. The summed E-state index contributed by atoms with van der Waals surface area (Å²) in [4.78, 5) is 16.1. The highest BCUT2D eigenvalue weighted by atomic mass is 32.2. The van der Waals surface area contributed by atoms with Crippen LogP contribution in [0.15, 0.2) is 59.5 Å². The molecule has 0 spiro atoms. The summed E-state index contributed by atoms with van der Waals surface area (Å²) >= 11 is 1.37. The molecule has 5 rings (SSSR count). The second kappa shape index (κ2) is 6.92. The molecule has 29 heavy (non-hydrogen) atoms. The van der Waals surface area contributed by atoms with Gasteiger partial charge in [-0.15, -0.1) is 11.3 Å². The standard InChI is InChI=1S/C22H20FNO3S2/c23-15-6-9-20-14(10-15)11-21(28-20)22(25)24-16-7-8-17(24)13-19(12-16)29(26,27)18-4-2-1-3-5-18/h1-6,9-11,16-17,19H,7-8,12-13H2/t16-,17+,19?. The quantitative estimate of drug-likeness (QED) is 0.609. The van der Waals surface area contributed by atoms with E-state index in [1.165, 1.54) is 23.5 Å². The van der Waals surface area contributed by atoms with E-state index in [1.54, 1.807) is 42.5 Å². The summed E-state index contributed by atoms with van der Waals surface area (Å²) in [5, 5.41) is 0.273. The second-order valence-corrected chi connectivity index (χ2v) is 11.2. The van der Waals surface area contributed by atoms with E-state index in [-0.39, 0.29) is 23.8 Å². The van der Waals surface area contributed by atoms with Gasteiger partial charge in [-0.1, -0.05) is 18.2 Å². The van der Waals surface area contributed by atoms with Crippen molar-refractivity contribution in [2.45, 2.75) is 47.9 Å². The van der Waals surface area contributed by atoms with Crippen molar-refractivity contribution in [3.63, 3.8) is 0 Å². The first-order valence-electron chi connectivity index (χ1n) is 9.74. The van der Waals surface area contributed by atoms with Crippen LogP contribution in [-0.2, 0) is 9.84 Å². The van der Waals surface area contributed by atoms with E-state index in [2.05, 4.69) is 0 Å². The normalized spacial score (nSPS) is 24.2. The fraction of sp³-hybridized carbons (Fsp3) is 0.318. The third-order valence-electron chi connectivity index (χ3n) is 6.12. The first-order valence-corrected chi connectivity index (χ1v) is 12.1. The van der Waals surface area contributed by atoms with Gasteiger partial charge in [0, 0.05) is 16.8 Å². The summed E-state index contributed by atoms with van der Waals surface area (Å²) in [5.41, 5.74) is 0. The van der Waals surface area contributed by atoms with Gasteiger partial charge in [0.25, 0.3) is 5.91 Å². The Balaban J connectivity index is 1.41. The molecule has 2 saturated heterocycles. The summed E-state index contributed by atoms with van der Waals surface area (Å²) in [6.07, 6.45) is 2.60. The number of carbonyl (C=O) groups is 1. The van der Waals surface area contributed by atoms with Gasteiger partial charge in [-0.25, -0.2) is 12.8 Å². The Labute approximate surface area is 172 Å². The number of halogens is 1. The van der Waals surface area contributed by atoms with Crippen molar-refractivity contribution in [2.75, 3.05) is 0 Å². The summed E-state index contributed by atoms with van der Waals surface area (Å²) in [5.74, 6) is -0.379. The van der Waals surface area contributed by atoms with E-state index in [4.69, 9.17) is 0 Å². The number of benzene rings is 2. The Morgan fingerprint density at radius 2 is 1.69 bits per heavy atom. The lowest BCUT2D eigenvalue weighted by atomic mass is 10.0. The Hall–Kier alpha value is -2.25. The largest absolute Gasteiger partial charge is 0.332 e. The van der Waals surface area contributed by atoms with Crippen LogP contribution in [0.4, 0.5) is 4.39 Å². The molecule has 3 atom stereocenters. The molecule has 150 valence electrons. The van der Waals surface area contributed by atoms with E-state index >= 15 is 0 Å². The van der Waals surface area contributed by atoms with Crippen LogP contribution in [0.1, 0.15) is 35.4 Å². The van der Waals surface area contributed by atoms with E-state index in [9.17, 15) is 17.6 Å². The summed E-state index contributed by atoms with van der Waals surface area (Å²) < 4.78 is 40.5. The van der Waals surface area contributed by atoms with Gasteiger partial charge in [-0.05, 0) is 67.5 Å². The molecule has 0 aliphatic carbocycles. The highest BCUT2D eigenvalue weighted by molar-refractivity contribution is 7.92. The topological polar surface area (TPSA) is 54.5 Å². The van der Waals surface area contributed by atoms with Gasteiger partial charge < -0.3 is 4.90 Å². The molecule has 3 heterocycles. The van der Waals surface area contributed by atoms with Crippen LogP contribution in [0.2, 0.25) is 0 Å². The molecular formula is C22H20FNO3S2. The SMILES string of the molecule is O=C(c1cc2cc(F)ccc2s1)N1[C@@H]2CC[C@H]1CC(S(=O)(=O)c1ccccc1)C2.